The fourth-order valence-corrected chi connectivity index (χ4v) is 2.59. The van der Waals surface area contributed by atoms with E-state index in [4.69, 9.17) is 10.8 Å². The van der Waals surface area contributed by atoms with Gasteiger partial charge >= 0.3 is 0 Å². The summed E-state index contributed by atoms with van der Waals surface area (Å²) in [4.78, 5) is 0. The molecule has 2 rings (SSSR count). The number of aromatic nitrogens is 2. The van der Waals surface area contributed by atoms with Crippen molar-refractivity contribution in [1.29, 1.82) is 0 Å². The van der Waals surface area contributed by atoms with E-state index in [0.29, 0.717) is 0 Å². The molecule has 0 radical (unpaired) electrons. The number of aryl methyl sites for hydroxylation is 3. The van der Waals surface area contributed by atoms with Crippen LogP contribution < -0.4 is 5.73 Å². The Labute approximate surface area is 128 Å². The van der Waals surface area contributed by atoms with Crippen molar-refractivity contribution in [2.24, 2.45) is 5.73 Å². The van der Waals surface area contributed by atoms with Gasteiger partial charge in [-0.15, -0.1) is 0 Å². The van der Waals surface area contributed by atoms with Crippen LogP contribution in [0, 0.1) is 6.92 Å². The molecule has 0 aliphatic heterocycles. The van der Waals surface area contributed by atoms with E-state index in [9.17, 15) is 0 Å². The second-order valence-electron chi connectivity index (χ2n) is 5.73. The van der Waals surface area contributed by atoms with Gasteiger partial charge in [-0.2, -0.15) is 5.10 Å². The zero-order chi connectivity index (χ0) is 15.4. The molecule has 3 heteroatoms. The van der Waals surface area contributed by atoms with Crippen molar-refractivity contribution < 1.29 is 0 Å². The maximum Gasteiger partial charge on any atom is 0.0651 e. The van der Waals surface area contributed by atoms with Crippen molar-refractivity contribution in [1.82, 2.24) is 9.78 Å². The Morgan fingerprint density at radius 1 is 1.14 bits per heavy atom. The Morgan fingerprint density at radius 2 is 1.90 bits per heavy atom. The number of benzene rings is 1. The summed E-state index contributed by atoms with van der Waals surface area (Å²) in [7, 11) is 0. The van der Waals surface area contributed by atoms with Crippen LogP contribution in [0.5, 0.6) is 0 Å². The van der Waals surface area contributed by atoms with Crippen LogP contribution in [0.4, 0.5) is 0 Å². The normalized spacial score (nSPS) is 12.6. The fourth-order valence-electron chi connectivity index (χ4n) is 2.59. The van der Waals surface area contributed by atoms with E-state index >= 15 is 0 Å². The van der Waals surface area contributed by atoms with E-state index in [-0.39, 0.29) is 6.04 Å². The standard InChI is InChI=1S/C18H27N3/c1-5-15(19)11-14-8-9-18(10-13(14)4)21-17(7-3)12-16(6-2)20-21/h8-10,12,15H,5-7,11,19H2,1-4H3. The van der Waals surface area contributed by atoms with Crippen molar-refractivity contribution in [3.63, 3.8) is 0 Å². The summed E-state index contributed by atoms with van der Waals surface area (Å²) in [6.07, 6.45) is 3.93. The maximum absolute atomic E-state index is 6.07. The highest BCUT2D eigenvalue weighted by Gasteiger charge is 2.10. The van der Waals surface area contributed by atoms with E-state index in [2.05, 4.69) is 56.6 Å². The second kappa shape index (κ2) is 6.90. The number of nitrogens with zero attached hydrogens (tertiary/aromatic N) is 2. The summed E-state index contributed by atoms with van der Waals surface area (Å²) in [5, 5.41) is 4.71. The van der Waals surface area contributed by atoms with Gasteiger partial charge in [-0.1, -0.05) is 26.8 Å². The zero-order valence-electron chi connectivity index (χ0n) is 13.7. The summed E-state index contributed by atoms with van der Waals surface area (Å²) >= 11 is 0. The van der Waals surface area contributed by atoms with E-state index < -0.39 is 0 Å². The minimum absolute atomic E-state index is 0.247. The van der Waals surface area contributed by atoms with Crippen LogP contribution in [0.3, 0.4) is 0 Å². The number of nitrogens with two attached hydrogens (primary N) is 1. The van der Waals surface area contributed by atoms with Gasteiger partial charge in [-0.3, -0.25) is 0 Å². The Morgan fingerprint density at radius 3 is 2.48 bits per heavy atom. The molecule has 1 heterocycles. The molecular formula is C18H27N3. The van der Waals surface area contributed by atoms with Gasteiger partial charge < -0.3 is 5.73 Å². The van der Waals surface area contributed by atoms with Crippen LogP contribution in [0.25, 0.3) is 5.69 Å². The lowest BCUT2D eigenvalue weighted by molar-refractivity contribution is 0.644. The van der Waals surface area contributed by atoms with Crippen molar-refractivity contribution >= 4 is 0 Å². The molecule has 2 N–H and O–H groups in total. The number of hydrogen-bond acceptors (Lipinski definition) is 2. The van der Waals surface area contributed by atoms with Crippen LogP contribution in [0.2, 0.25) is 0 Å². The minimum Gasteiger partial charge on any atom is -0.327 e. The highest BCUT2D eigenvalue weighted by Crippen LogP contribution is 2.19. The lowest BCUT2D eigenvalue weighted by Crippen LogP contribution is -2.21. The molecule has 2 aromatic rings. The Balaban J connectivity index is 2.33. The van der Waals surface area contributed by atoms with Crippen LogP contribution >= 0.6 is 0 Å². The van der Waals surface area contributed by atoms with E-state index in [1.54, 1.807) is 0 Å². The molecular weight excluding hydrogens is 258 g/mol. The van der Waals surface area contributed by atoms with Gasteiger partial charge in [-0.25, -0.2) is 4.68 Å². The Kier molecular flexibility index (Phi) is 5.18. The smallest absolute Gasteiger partial charge is 0.0651 e. The summed E-state index contributed by atoms with van der Waals surface area (Å²) in [5.74, 6) is 0. The lowest BCUT2D eigenvalue weighted by atomic mass is 9.99. The van der Waals surface area contributed by atoms with Crippen LogP contribution in [-0.4, -0.2) is 15.8 Å². The van der Waals surface area contributed by atoms with Crippen LogP contribution in [-0.2, 0) is 19.3 Å². The van der Waals surface area contributed by atoms with Crippen molar-refractivity contribution in [2.45, 2.75) is 59.4 Å². The molecule has 0 amide bonds. The molecule has 0 bridgehead atoms. The molecule has 1 aromatic heterocycles. The average Bonchev–Trinajstić information content (AvgIpc) is 2.92. The monoisotopic (exact) mass is 285 g/mol. The third kappa shape index (κ3) is 3.53. The molecule has 1 unspecified atom stereocenters. The van der Waals surface area contributed by atoms with Gasteiger partial charge in [0.2, 0.25) is 0 Å². The molecule has 0 fully saturated rings. The molecule has 114 valence electrons. The van der Waals surface area contributed by atoms with Crippen molar-refractivity contribution in [3.05, 3.63) is 46.8 Å². The average molecular weight is 285 g/mol. The number of hydrogen-bond donors (Lipinski definition) is 1. The first-order chi connectivity index (χ1) is 10.1. The molecule has 0 spiro atoms. The van der Waals surface area contributed by atoms with Gasteiger partial charge in [0.15, 0.2) is 0 Å². The minimum atomic E-state index is 0.247. The summed E-state index contributed by atoms with van der Waals surface area (Å²) < 4.78 is 2.08. The summed E-state index contributed by atoms with van der Waals surface area (Å²) in [6, 6.07) is 9.04. The lowest BCUT2D eigenvalue weighted by Gasteiger charge is -2.13. The van der Waals surface area contributed by atoms with Gasteiger partial charge in [0.05, 0.1) is 11.4 Å². The number of rotatable bonds is 6. The van der Waals surface area contributed by atoms with Gasteiger partial charge in [-0.05, 0) is 61.9 Å². The molecule has 0 aliphatic carbocycles. The Bertz CT molecular complexity index is 599. The Hall–Kier alpha value is -1.61. The predicted molar refractivity (Wildman–Crippen MR) is 89.0 cm³/mol. The van der Waals surface area contributed by atoms with E-state index in [1.165, 1.54) is 16.8 Å². The molecule has 1 atom stereocenters. The topological polar surface area (TPSA) is 43.8 Å². The highest BCUT2D eigenvalue weighted by molar-refractivity contribution is 5.41. The molecule has 3 nitrogen and oxygen atoms in total. The van der Waals surface area contributed by atoms with Crippen LogP contribution in [0.1, 0.15) is 49.7 Å². The first-order valence-electron chi connectivity index (χ1n) is 8.02. The third-order valence-corrected chi connectivity index (χ3v) is 4.14. The van der Waals surface area contributed by atoms with Gasteiger partial charge in [0.1, 0.15) is 0 Å². The molecule has 0 saturated heterocycles. The highest BCUT2D eigenvalue weighted by atomic mass is 15.3. The molecule has 0 saturated carbocycles. The second-order valence-corrected chi connectivity index (χ2v) is 5.73. The van der Waals surface area contributed by atoms with Crippen LogP contribution in [0.15, 0.2) is 24.3 Å². The van der Waals surface area contributed by atoms with Crippen molar-refractivity contribution in [3.8, 4) is 5.69 Å². The SMILES string of the molecule is CCc1cc(CC)n(-c2ccc(CC(N)CC)c(C)c2)n1. The van der Waals surface area contributed by atoms with Gasteiger partial charge in [0.25, 0.3) is 0 Å². The van der Waals surface area contributed by atoms with E-state index in [0.717, 1.165) is 37.1 Å². The first-order valence-corrected chi connectivity index (χ1v) is 8.02. The van der Waals surface area contributed by atoms with Gasteiger partial charge in [0, 0.05) is 11.7 Å². The largest absolute Gasteiger partial charge is 0.327 e. The fraction of sp³-hybridized carbons (Fsp3) is 0.500. The molecule has 1 aromatic carbocycles. The van der Waals surface area contributed by atoms with Crippen molar-refractivity contribution in [2.75, 3.05) is 0 Å². The zero-order valence-corrected chi connectivity index (χ0v) is 13.7. The summed E-state index contributed by atoms with van der Waals surface area (Å²) in [5.41, 5.74) is 12.3. The third-order valence-electron chi connectivity index (χ3n) is 4.14. The summed E-state index contributed by atoms with van der Waals surface area (Å²) in [6.45, 7) is 8.62. The van der Waals surface area contributed by atoms with E-state index in [1.807, 2.05) is 0 Å². The maximum atomic E-state index is 6.07. The molecule has 0 aliphatic rings. The predicted octanol–water partition coefficient (Wildman–Crippen LogP) is 3.59. The molecule has 21 heavy (non-hydrogen) atoms. The quantitative estimate of drug-likeness (QED) is 0.881. The first kappa shape index (κ1) is 15.8.